The molecule has 0 unspecified atom stereocenters. The molecule has 0 amide bonds. The Hall–Kier alpha value is -0.500. The van der Waals surface area contributed by atoms with Gasteiger partial charge in [-0.05, 0) is 24.7 Å². The van der Waals surface area contributed by atoms with E-state index in [4.69, 9.17) is 0 Å². The molecule has 0 bridgehead atoms. The van der Waals surface area contributed by atoms with Crippen molar-refractivity contribution in [1.29, 1.82) is 0 Å². The predicted octanol–water partition coefficient (Wildman–Crippen LogP) is 1.52. The van der Waals surface area contributed by atoms with Crippen molar-refractivity contribution in [2.24, 2.45) is 0 Å². The van der Waals surface area contributed by atoms with Crippen molar-refractivity contribution in [3.05, 3.63) is 18.0 Å². The quantitative estimate of drug-likeness (QED) is 0.894. The van der Waals surface area contributed by atoms with Crippen LogP contribution in [0.1, 0.15) is 25.5 Å². The number of hydrogen-bond acceptors (Lipinski definition) is 4. The van der Waals surface area contributed by atoms with E-state index in [1.807, 2.05) is 11.5 Å². The average Bonchev–Trinajstić information content (AvgIpc) is 2.66. The topological polar surface area (TPSA) is 62.5 Å². The summed E-state index contributed by atoms with van der Waals surface area (Å²) in [4.78, 5) is 0.307. The van der Waals surface area contributed by atoms with Crippen LogP contribution < -0.4 is 0 Å². The molecule has 1 aliphatic heterocycles. The maximum atomic E-state index is 12.6. The number of aryl methyl sites for hydroxylation is 1. The number of hydrogen-bond donors (Lipinski definition) is 1. The van der Waals surface area contributed by atoms with E-state index in [0.29, 0.717) is 23.7 Å². The summed E-state index contributed by atoms with van der Waals surface area (Å²) in [6.07, 6.45) is 3.45. The van der Waals surface area contributed by atoms with Gasteiger partial charge in [0.2, 0.25) is 10.0 Å². The first-order valence-corrected chi connectivity index (χ1v) is 9.57. The highest BCUT2D eigenvalue weighted by Crippen LogP contribution is 2.22. The first-order valence-electron chi connectivity index (χ1n) is 6.97. The van der Waals surface area contributed by atoms with Gasteiger partial charge in [-0.25, -0.2) is 8.42 Å². The highest BCUT2D eigenvalue weighted by atomic mass is 32.2. The van der Waals surface area contributed by atoms with Crippen LogP contribution >= 0.6 is 11.8 Å². The number of aliphatic hydroxyl groups excluding tert-OH is 1. The lowest BCUT2D eigenvalue weighted by molar-refractivity contribution is 0.270. The lowest BCUT2D eigenvalue weighted by atomic mass is 10.4. The molecule has 114 valence electrons. The molecule has 7 heteroatoms. The molecule has 0 aliphatic carbocycles. The Morgan fingerprint density at radius 3 is 2.85 bits per heavy atom. The van der Waals surface area contributed by atoms with Crippen LogP contribution in [-0.2, 0) is 23.2 Å². The Labute approximate surface area is 125 Å². The molecule has 1 N–H and O–H groups in total. The average molecular weight is 318 g/mol. The van der Waals surface area contributed by atoms with Gasteiger partial charge in [0.1, 0.15) is 4.90 Å². The monoisotopic (exact) mass is 318 g/mol. The SMILES string of the molecule is CCCn1cc(S(=O)(=O)N2CCCSCC2)cc1CO. The summed E-state index contributed by atoms with van der Waals surface area (Å²) in [5, 5.41) is 9.35. The molecule has 0 saturated carbocycles. The van der Waals surface area contributed by atoms with Gasteiger partial charge in [-0.2, -0.15) is 16.1 Å². The summed E-state index contributed by atoms with van der Waals surface area (Å²) in [5.74, 6) is 1.87. The molecule has 1 saturated heterocycles. The fraction of sp³-hybridized carbons (Fsp3) is 0.692. The smallest absolute Gasteiger partial charge is 0.244 e. The second-order valence-electron chi connectivity index (χ2n) is 4.89. The predicted molar refractivity (Wildman–Crippen MR) is 81.3 cm³/mol. The molecule has 20 heavy (non-hydrogen) atoms. The summed E-state index contributed by atoms with van der Waals surface area (Å²) in [6.45, 7) is 3.77. The second-order valence-corrected chi connectivity index (χ2v) is 8.05. The van der Waals surface area contributed by atoms with Crippen molar-refractivity contribution >= 4 is 21.8 Å². The van der Waals surface area contributed by atoms with Crippen LogP contribution in [0.2, 0.25) is 0 Å². The summed E-state index contributed by atoms with van der Waals surface area (Å²) in [6, 6.07) is 1.60. The van der Waals surface area contributed by atoms with Crippen molar-refractivity contribution in [3.63, 3.8) is 0 Å². The van der Waals surface area contributed by atoms with Gasteiger partial charge >= 0.3 is 0 Å². The highest BCUT2D eigenvalue weighted by Gasteiger charge is 2.27. The number of aliphatic hydroxyl groups is 1. The van der Waals surface area contributed by atoms with Gasteiger partial charge in [0.05, 0.1) is 6.61 Å². The minimum Gasteiger partial charge on any atom is -0.390 e. The van der Waals surface area contributed by atoms with Gasteiger partial charge in [0.15, 0.2) is 0 Å². The van der Waals surface area contributed by atoms with Crippen molar-refractivity contribution in [3.8, 4) is 0 Å². The molecule has 1 aliphatic rings. The number of sulfonamides is 1. The largest absolute Gasteiger partial charge is 0.390 e. The van der Waals surface area contributed by atoms with Crippen LogP contribution in [0.3, 0.4) is 0 Å². The molecule has 1 aromatic rings. The van der Waals surface area contributed by atoms with E-state index in [0.717, 1.165) is 30.9 Å². The molecule has 1 aromatic heterocycles. The van der Waals surface area contributed by atoms with Crippen molar-refractivity contribution in [2.45, 2.75) is 37.8 Å². The van der Waals surface area contributed by atoms with E-state index in [2.05, 4.69) is 0 Å². The molecule has 0 atom stereocenters. The number of thioether (sulfide) groups is 1. The number of aromatic nitrogens is 1. The standard InChI is InChI=1S/C13H22N2O3S2/c1-2-4-14-10-13(9-12(14)11-16)20(17,18)15-5-3-7-19-8-6-15/h9-10,16H,2-8,11H2,1H3. The normalized spacial score (nSPS) is 18.1. The first kappa shape index (κ1) is 15.9. The van der Waals surface area contributed by atoms with Crippen molar-refractivity contribution in [2.75, 3.05) is 24.6 Å². The van der Waals surface area contributed by atoms with E-state index in [1.165, 1.54) is 0 Å². The van der Waals surface area contributed by atoms with Crippen LogP contribution in [0.4, 0.5) is 0 Å². The van der Waals surface area contributed by atoms with Crippen LogP contribution in [0, 0.1) is 0 Å². The summed E-state index contributed by atoms with van der Waals surface area (Å²) in [7, 11) is -3.43. The molecule has 0 radical (unpaired) electrons. The zero-order chi connectivity index (χ0) is 14.6. The Kier molecular flexibility index (Phi) is 5.54. The van der Waals surface area contributed by atoms with E-state index < -0.39 is 10.0 Å². The number of nitrogens with zero attached hydrogens (tertiary/aromatic N) is 2. The molecule has 0 aromatic carbocycles. The van der Waals surface area contributed by atoms with E-state index in [1.54, 1.807) is 28.3 Å². The fourth-order valence-electron chi connectivity index (χ4n) is 2.36. The molecule has 2 heterocycles. The van der Waals surface area contributed by atoms with Crippen molar-refractivity contribution < 1.29 is 13.5 Å². The van der Waals surface area contributed by atoms with Crippen molar-refractivity contribution in [1.82, 2.24) is 8.87 Å². The highest BCUT2D eigenvalue weighted by molar-refractivity contribution is 7.99. The molecule has 2 rings (SSSR count). The van der Waals surface area contributed by atoms with Crippen LogP contribution in [0.15, 0.2) is 17.2 Å². The Balaban J connectivity index is 2.28. The third kappa shape index (κ3) is 3.39. The maximum absolute atomic E-state index is 12.6. The second kappa shape index (κ2) is 6.98. The van der Waals surface area contributed by atoms with E-state index in [-0.39, 0.29) is 6.61 Å². The third-order valence-corrected chi connectivity index (χ3v) is 6.32. The van der Waals surface area contributed by atoms with Gasteiger partial charge in [0, 0.05) is 37.3 Å². The molecular weight excluding hydrogens is 296 g/mol. The van der Waals surface area contributed by atoms with Crippen LogP contribution in [0.5, 0.6) is 0 Å². The van der Waals surface area contributed by atoms with Gasteiger partial charge in [0.25, 0.3) is 0 Å². The Morgan fingerprint density at radius 2 is 2.15 bits per heavy atom. The van der Waals surface area contributed by atoms with E-state index >= 15 is 0 Å². The third-order valence-electron chi connectivity index (χ3n) is 3.41. The van der Waals surface area contributed by atoms with Crippen LogP contribution in [-0.4, -0.2) is 47.0 Å². The zero-order valence-electron chi connectivity index (χ0n) is 11.8. The number of rotatable bonds is 5. The minimum absolute atomic E-state index is 0.134. The summed E-state index contributed by atoms with van der Waals surface area (Å²) in [5.41, 5.74) is 0.662. The van der Waals surface area contributed by atoms with Gasteiger partial charge in [-0.1, -0.05) is 6.92 Å². The fourth-order valence-corrected chi connectivity index (χ4v) is 4.91. The Bertz CT molecular complexity index is 532. The summed E-state index contributed by atoms with van der Waals surface area (Å²) >= 11 is 1.80. The molecule has 0 spiro atoms. The molecule has 5 nitrogen and oxygen atoms in total. The first-order chi connectivity index (χ1) is 9.59. The maximum Gasteiger partial charge on any atom is 0.244 e. The van der Waals surface area contributed by atoms with Crippen LogP contribution in [0.25, 0.3) is 0 Å². The Morgan fingerprint density at radius 1 is 1.35 bits per heavy atom. The van der Waals surface area contributed by atoms with Gasteiger partial charge < -0.3 is 9.67 Å². The zero-order valence-corrected chi connectivity index (χ0v) is 13.4. The van der Waals surface area contributed by atoms with Gasteiger partial charge in [-0.15, -0.1) is 0 Å². The summed E-state index contributed by atoms with van der Waals surface area (Å²) < 4.78 is 28.7. The molecule has 1 fully saturated rings. The lowest BCUT2D eigenvalue weighted by Gasteiger charge is -2.18. The lowest BCUT2D eigenvalue weighted by Crippen LogP contribution is -2.32. The minimum atomic E-state index is -3.43. The van der Waals surface area contributed by atoms with Gasteiger partial charge in [-0.3, -0.25) is 0 Å². The van der Waals surface area contributed by atoms with E-state index in [9.17, 15) is 13.5 Å². The molecular formula is C13H22N2O3S2.